The largest absolute Gasteiger partial charge is 0.383 e. The van der Waals surface area contributed by atoms with E-state index in [1.54, 1.807) is 13.3 Å². The van der Waals surface area contributed by atoms with Gasteiger partial charge in [-0.1, -0.05) is 12.1 Å². The van der Waals surface area contributed by atoms with E-state index in [1.165, 1.54) is 5.69 Å². The van der Waals surface area contributed by atoms with Gasteiger partial charge in [0.15, 0.2) is 5.11 Å². The average Bonchev–Trinajstić information content (AvgIpc) is 3.32. The molecule has 4 rings (SSSR count). The Bertz CT molecular complexity index is 915. The molecule has 7 heteroatoms. The van der Waals surface area contributed by atoms with Crippen LogP contribution >= 0.6 is 12.2 Å². The van der Waals surface area contributed by atoms with E-state index in [9.17, 15) is 0 Å². The molecule has 144 valence electrons. The molecule has 0 radical (unpaired) electrons. The molecule has 0 saturated carbocycles. The van der Waals surface area contributed by atoms with Gasteiger partial charge in [0.05, 0.1) is 24.4 Å². The third kappa shape index (κ3) is 3.76. The van der Waals surface area contributed by atoms with Crippen LogP contribution in [-0.2, 0) is 17.8 Å². The van der Waals surface area contributed by atoms with Gasteiger partial charge in [0, 0.05) is 50.7 Å². The minimum Gasteiger partial charge on any atom is -0.383 e. The molecule has 1 saturated heterocycles. The monoisotopic (exact) mass is 393 g/mol. The Morgan fingerprint density at radius 3 is 2.82 bits per heavy atom. The summed E-state index contributed by atoms with van der Waals surface area (Å²) >= 11 is 5.73. The minimum atomic E-state index is -0.0263. The molecule has 1 N–H and O–H groups in total. The van der Waals surface area contributed by atoms with Crippen molar-refractivity contribution in [2.45, 2.75) is 25.2 Å². The van der Waals surface area contributed by atoms with Gasteiger partial charge in [-0.15, -0.1) is 0 Å². The quantitative estimate of drug-likeness (QED) is 0.623. The molecule has 3 aromatic rings. The van der Waals surface area contributed by atoms with Gasteiger partial charge in [0.1, 0.15) is 0 Å². The second-order valence-electron chi connectivity index (χ2n) is 6.74. The zero-order chi connectivity index (χ0) is 19.3. The van der Waals surface area contributed by atoms with Crippen LogP contribution in [0.1, 0.15) is 29.0 Å². The predicted molar refractivity (Wildman–Crippen MR) is 112 cm³/mol. The maximum absolute atomic E-state index is 5.73. The molecule has 0 amide bonds. The number of aromatic nitrogens is 3. The lowest BCUT2D eigenvalue weighted by molar-refractivity contribution is 0.183. The highest BCUT2D eigenvalue weighted by molar-refractivity contribution is 7.80. The van der Waals surface area contributed by atoms with Crippen molar-refractivity contribution in [3.63, 3.8) is 0 Å². The lowest BCUT2D eigenvalue weighted by Crippen LogP contribution is -2.30. The topological polar surface area (TPSA) is 55.2 Å². The van der Waals surface area contributed by atoms with Crippen molar-refractivity contribution < 1.29 is 4.74 Å². The highest BCUT2D eigenvalue weighted by Crippen LogP contribution is 2.39. The molecule has 0 aromatic carbocycles. The number of methoxy groups -OCH3 is 1. The van der Waals surface area contributed by atoms with Crippen molar-refractivity contribution >= 4 is 17.3 Å². The molecule has 2 atom stereocenters. The van der Waals surface area contributed by atoms with Crippen molar-refractivity contribution in [1.29, 1.82) is 0 Å². The van der Waals surface area contributed by atoms with Gasteiger partial charge in [-0.05, 0) is 48.1 Å². The summed E-state index contributed by atoms with van der Waals surface area (Å²) in [6.07, 6.45) is 7.59. The summed E-state index contributed by atoms with van der Waals surface area (Å²) < 4.78 is 7.52. The number of nitrogens with one attached hydrogen (secondary N) is 1. The first kappa shape index (κ1) is 18.6. The van der Waals surface area contributed by atoms with Crippen LogP contribution < -0.4 is 5.32 Å². The van der Waals surface area contributed by atoms with Crippen LogP contribution in [0.25, 0.3) is 0 Å². The first-order chi connectivity index (χ1) is 13.8. The average molecular weight is 394 g/mol. The number of rotatable bonds is 7. The van der Waals surface area contributed by atoms with E-state index in [1.807, 2.05) is 36.7 Å². The van der Waals surface area contributed by atoms with E-state index in [-0.39, 0.29) is 12.1 Å². The van der Waals surface area contributed by atoms with E-state index >= 15 is 0 Å². The Morgan fingerprint density at radius 2 is 2.07 bits per heavy atom. The molecule has 0 aliphatic carbocycles. The van der Waals surface area contributed by atoms with Gasteiger partial charge in [-0.25, -0.2) is 0 Å². The molecule has 0 bridgehead atoms. The molecular formula is C21H23N5OS. The Hall–Kier alpha value is -2.77. The summed E-state index contributed by atoms with van der Waals surface area (Å²) in [5, 5.41) is 4.22. The van der Waals surface area contributed by atoms with Crippen molar-refractivity contribution in [2.24, 2.45) is 0 Å². The van der Waals surface area contributed by atoms with Crippen LogP contribution in [0.5, 0.6) is 0 Å². The first-order valence-electron chi connectivity index (χ1n) is 9.29. The molecule has 3 aromatic heterocycles. The zero-order valence-electron chi connectivity index (χ0n) is 15.7. The first-order valence-corrected chi connectivity index (χ1v) is 9.69. The van der Waals surface area contributed by atoms with Crippen molar-refractivity contribution in [2.75, 3.05) is 13.7 Å². The fraction of sp³-hybridized carbons (Fsp3) is 0.286. The number of ether oxygens (including phenoxy) is 1. The highest BCUT2D eigenvalue weighted by Gasteiger charge is 2.41. The Kier molecular flexibility index (Phi) is 5.64. The highest BCUT2D eigenvalue weighted by atomic mass is 32.1. The summed E-state index contributed by atoms with van der Waals surface area (Å²) in [4.78, 5) is 11.1. The number of hydrogen-bond acceptors (Lipinski definition) is 4. The van der Waals surface area contributed by atoms with Gasteiger partial charge in [-0.3, -0.25) is 9.97 Å². The Labute approximate surface area is 170 Å². The minimum absolute atomic E-state index is 0.0227. The smallest absolute Gasteiger partial charge is 0.170 e. The number of hydrogen-bond donors (Lipinski definition) is 1. The molecule has 0 spiro atoms. The van der Waals surface area contributed by atoms with Gasteiger partial charge >= 0.3 is 0 Å². The number of thiocarbonyl (C=S) groups is 1. The summed E-state index contributed by atoms with van der Waals surface area (Å²) in [5.74, 6) is 0. The third-order valence-corrected chi connectivity index (χ3v) is 5.33. The van der Waals surface area contributed by atoms with E-state index in [0.717, 1.165) is 22.9 Å². The molecule has 1 aliphatic rings. The van der Waals surface area contributed by atoms with E-state index < -0.39 is 0 Å². The van der Waals surface area contributed by atoms with Crippen LogP contribution in [0.2, 0.25) is 0 Å². The molecular weight excluding hydrogens is 370 g/mol. The van der Waals surface area contributed by atoms with Gasteiger partial charge in [0.25, 0.3) is 0 Å². The van der Waals surface area contributed by atoms with Gasteiger partial charge in [-0.2, -0.15) is 0 Å². The van der Waals surface area contributed by atoms with E-state index in [4.69, 9.17) is 17.0 Å². The normalized spacial score (nSPS) is 19.0. The standard InChI is InChI=1S/C21H23N5OS/c1-27-13-12-25-11-5-8-18(25)20-19(17-7-2-3-10-23-17)24-21(28)26(20)15-16-6-4-9-22-14-16/h2-11,14,19-20H,12-13,15H2,1H3,(H,24,28)/t19-,20-/m1/s1. The lowest BCUT2D eigenvalue weighted by atomic mass is 10.0. The van der Waals surface area contributed by atoms with Crippen LogP contribution in [0, 0.1) is 0 Å². The summed E-state index contributed by atoms with van der Waals surface area (Å²) in [7, 11) is 1.72. The van der Waals surface area contributed by atoms with Crippen molar-refractivity contribution in [3.8, 4) is 0 Å². The predicted octanol–water partition coefficient (Wildman–Crippen LogP) is 3.10. The molecule has 4 heterocycles. The summed E-state index contributed by atoms with van der Waals surface area (Å²) in [5.41, 5.74) is 3.28. The second-order valence-corrected chi connectivity index (χ2v) is 7.12. The zero-order valence-corrected chi connectivity index (χ0v) is 16.5. The fourth-order valence-corrected chi connectivity index (χ4v) is 3.98. The summed E-state index contributed by atoms with van der Waals surface area (Å²) in [6.45, 7) is 2.13. The maximum atomic E-state index is 5.73. The SMILES string of the molecule is COCCn1cccc1[C@@H]1[C@@H](c2ccccn2)NC(=S)N1Cc1cccnc1. The van der Waals surface area contributed by atoms with Crippen LogP contribution in [0.3, 0.4) is 0 Å². The Balaban J connectivity index is 1.72. The number of nitrogens with zero attached hydrogens (tertiary/aromatic N) is 4. The molecule has 1 fully saturated rings. The van der Waals surface area contributed by atoms with Gasteiger partial charge in [0.2, 0.25) is 0 Å². The van der Waals surface area contributed by atoms with Crippen LogP contribution in [0.4, 0.5) is 0 Å². The molecule has 6 nitrogen and oxygen atoms in total. The fourth-order valence-electron chi connectivity index (χ4n) is 3.67. The van der Waals surface area contributed by atoms with E-state index in [2.05, 4.69) is 49.1 Å². The van der Waals surface area contributed by atoms with Crippen LogP contribution in [0.15, 0.2) is 67.3 Å². The van der Waals surface area contributed by atoms with Crippen molar-refractivity contribution in [1.82, 2.24) is 24.8 Å². The summed E-state index contributed by atoms with van der Waals surface area (Å²) in [6, 6.07) is 14.2. The molecule has 28 heavy (non-hydrogen) atoms. The number of pyridine rings is 2. The molecule has 0 unspecified atom stereocenters. The Morgan fingerprint density at radius 1 is 1.14 bits per heavy atom. The lowest BCUT2D eigenvalue weighted by Gasteiger charge is -2.29. The van der Waals surface area contributed by atoms with Crippen LogP contribution in [-0.4, -0.2) is 38.3 Å². The van der Waals surface area contributed by atoms with E-state index in [0.29, 0.717) is 13.2 Å². The second kappa shape index (κ2) is 8.50. The third-order valence-electron chi connectivity index (χ3n) is 4.98. The molecule has 1 aliphatic heterocycles. The maximum Gasteiger partial charge on any atom is 0.170 e. The van der Waals surface area contributed by atoms with Crippen molar-refractivity contribution in [3.05, 3.63) is 84.2 Å². The van der Waals surface area contributed by atoms with Gasteiger partial charge < -0.3 is 19.5 Å².